The highest BCUT2D eigenvalue weighted by Crippen LogP contribution is 2.19. The van der Waals surface area contributed by atoms with Gasteiger partial charge < -0.3 is 20.3 Å². The van der Waals surface area contributed by atoms with Crippen LogP contribution in [-0.4, -0.2) is 55.5 Å². The number of piperidine rings is 2. The SMILES string of the molecule is Cl.O=C(NC1CCCNC1)C1CCN(C(=O)CCOc2ccccc2)CC1. The van der Waals surface area contributed by atoms with Gasteiger partial charge in [0.15, 0.2) is 0 Å². The number of carbonyl (C=O) groups excluding carboxylic acids is 2. The summed E-state index contributed by atoms with van der Waals surface area (Å²) in [5.74, 6) is 1.07. The first-order valence-electron chi connectivity index (χ1n) is 9.69. The summed E-state index contributed by atoms with van der Waals surface area (Å²) in [4.78, 5) is 26.6. The lowest BCUT2D eigenvalue weighted by atomic mass is 9.95. The summed E-state index contributed by atoms with van der Waals surface area (Å²) in [5, 5.41) is 6.48. The van der Waals surface area contributed by atoms with E-state index in [4.69, 9.17) is 4.74 Å². The molecule has 0 aromatic heterocycles. The number of rotatable bonds is 6. The molecular weight excluding hydrogens is 366 g/mol. The minimum atomic E-state index is 0. The molecule has 2 heterocycles. The van der Waals surface area contributed by atoms with Crippen molar-refractivity contribution in [3.05, 3.63) is 30.3 Å². The number of hydrogen-bond donors (Lipinski definition) is 2. The Labute approximate surface area is 167 Å². The monoisotopic (exact) mass is 395 g/mol. The Kier molecular flexibility index (Phi) is 8.88. The highest BCUT2D eigenvalue weighted by molar-refractivity contribution is 5.85. The molecule has 0 bridgehead atoms. The number of hydrogen-bond acceptors (Lipinski definition) is 4. The third-order valence-electron chi connectivity index (χ3n) is 5.19. The summed E-state index contributed by atoms with van der Waals surface area (Å²) in [6.45, 7) is 3.61. The number of benzene rings is 1. The van der Waals surface area contributed by atoms with E-state index in [1.165, 1.54) is 0 Å². The van der Waals surface area contributed by atoms with E-state index < -0.39 is 0 Å². The lowest BCUT2D eigenvalue weighted by molar-refractivity contribution is -0.136. The normalized spacial score (nSPS) is 20.4. The molecule has 2 aliphatic heterocycles. The van der Waals surface area contributed by atoms with Crippen LogP contribution in [0.5, 0.6) is 5.75 Å². The van der Waals surface area contributed by atoms with E-state index in [2.05, 4.69) is 10.6 Å². The molecule has 7 heteroatoms. The van der Waals surface area contributed by atoms with Crippen LogP contribution in [0.15, 0.2) is 30.3 Å². The fourth-order valence-electron chi connectivity index (χ4n) is 3.62. The largest absolute Gasteiger partial charge is 0.493 e. The van der Waals surface area contributed by atoms with Crippen LogP contribution in [0, 0.1) is 5.92 Å². The second-order valence-corrected chi connectivity index (χ2v) is 7.12. The first-order valence-corrected chi connectivity index (χ1v) is 9.69. The maximum Gasteiger partial charge on any atom is 0.225 e. The van der Waals surface area contributed by atoms with Gasteiger partial charge in [0, 0.05) is 31.6 Å². The van der Waals surface area contributed by atoms with Crippen molar-refractivity contribution in [1.29, 1.82) is 0 Å². The highest BCUT2D eigenvalue weighted by Gasteiger charge is 2.28. The molecule has 0 spiro atoms. The quantitative estimate of drug-likeness (QED) is 0.772. The van der Waals surface area contributed by atoms with Crippen molar-refractivity contribution >= 4 is 24.2 Å². The standard InChI is InChI=1S/C20H29N3O3.ClH/c24-19(10-14-26-18-6-2-1-3-7-18)23-12-8-16(9-13-23)20(25)22-17-5-4-11-21-15-17;/h1-3,6-7,16-17,21H,4-5,8-15H2,(H,22,25);1H. The molecule has 1 unspecified atom stereocenters. The third kappa shape index (κ3) is 6.70. The van der Waals surface area contributed by atoms with Gasteiger partial charge in [0.1, 0.15) is 5.75 Å². The van der Waals surface area contributed by atoms with Crippen LogP contribution in [-0.2, 0) is 9.59 Å². The molecule has 1 atom stereocenters. The predicted octanol–water partition coefficient (Wildman–Crippen LogP) is 1.98. The van der Waals surface area contributed by atoms with Crippen LogP contribution in [0.1, 0.15) is 32.1 Å². The van der Waals surface area contributed by atoms with Gasteiger partial charge in [0.2, 0.25) is 11.8 Å². The molecule has 1 aromatic carbocycles. The lowest BCUT2D eigenvalue weighted by Gasteiger charge is -2.33. The van der Waals surface area contributed by atoms with Gasteiger partial charge in [-0.3, -0.25) is 9.59 Å². The Hall–Kier alpha value is -1.79. The lowest BCUT2D eigenvalue weighted by Crippen LogP contribution is -2.49. The predicted molar refractivity (Wildman–Crippen MR) is 107 cm³/mol. The van der Waals surface area contributed by atoms with Gasteiger partial charge in [0.25, 0.3) is 0 Å². The number of nitrogens with zero attached hydrogens (tertiary/aromatic N) is 1. The van der Waals surface area contributed by atoms with Crippen LogP contribution in [0.2, 0.25) is 0 Å². The zero-order chi connectivity index (χ0) is 18.2. The van der Waals surface area contributed by atoms with Crippen LogP contribution >= 0.6 is 12.4 Å². The molecule has 0 saturated carbocycles. The van der Waals surface area contributed by atoms with Gasteiger partial charge in [-0.05, 0) is 44.4 Å². The molecule has 2 saturated heterocycles. The van der Waals surface area contributed by atoms with E-state index in [0.29, 0.717) is 26.1 Å². The van der Waals surface area contributed by atoms with E-state index >= 15 is 0 Å². The minimum absolute atomic E-state index is 0. The van der Waals surface area contributed by atoms with Crippen molar-refractivity contribution < 1.29 is 14.3 Å². The van der Waals surface area contributed by atoms with Crippen molar-refractivity contribution in [2.45, 2.75) is 38.1 Å². The Morgan fingerprint density at radius 1 is 1.15 bits per heavy atom. The number of para-hydroxylation sites is 1. The van der Waals surface area contributed by atoms with Crippen molar-refractivity contribution in [2.24, 2.45) is 5.92 Å². The fraction of sp³-hybridized carbons (Fsp3) is 0.600. The number of nitrogens with one attached hydrogen (secondary N) is 2. The second kappa shape index (κ2) is 11.1. The highest BCUT2D eigenvalue weighted by atomic mass is 35.5. The Bertz CT molecular complexity index is 585. The van der Waals surface area contributed by atoms with E-state index in [-0.39, 0.29) is 36.2 Å². The van der Waals surface area contributed by atoms with Gasteiger partial charge >= 0.3 is 0 Å². The summed E-state index contributed by atoms with van der Waals surface area (Å²) in [6, 6.07) is 9.79. The summed E-state index contributed by atoms with van der Waals surface area (Å²) in [7, 11) is 0. The molecule has 0 aliphatic carbocycles. The molecule has 150 valence electrons. The zero-order valence-corrected chi connectivity index (χ0v) is 16.5. The number of ether oxygens (including phenoxy) is 1. The Morgan fingerprint density at radius 2 is 1.89 bits per heavy atom. The first-order chi connectivity index (χ1) is 12.7. The van der Waals surface area contributed by atoms with Crippen molar-refractivity contribution in [2.75, 3.05) is 32.8 Å². The van der Waals surface area contributed by atoms with Gasteiger partial charge in [0.05, 0.1) is 13.0 Å². The molecule has 2 aliphatic rings. The average molecular weight is 396 g/mol. The average Bonchev–Trinajstić information content (AvgIpc) is 2.69. The molecule has 27 heavy (non-hydrogen) atoms. The van der Waals surface area contributed by atoms with Gasteiger partial charge in [-0.1, -0.05) is 18.2 Å². The molecule has 3 rings (SSSR count). The van der Waals surface area contributed by atoms with E-state index in [1.54, 1.807) is 0 Å². The van der Waals surface area contributed by atoms with Crippen LogP contribution in [0.25, 0.3) is 0 Å². The zero-order valence-electron chi connectivity index (χ0n) is 15.7. The summed E-state index contributed by atoms with van der Waals surface area (Å²) in [5.41, 5.74) is 0. The maximum absolute atomic E-state index is 12.4. The smallest absolute Gasteiger partial charge is 0.225 e. The Balaban J connectivity index is 0.00000261. The van der Waals surface area contributed by atoms with Crippen LogP contribution in [0.3, 0.4) is 0 Å². The Morgan fingerprint density at radius 3 is 2.56 bits per heavy atom. The molecule has 2 N–H and O–H groups in total. The minimum Gasteiger partial charge on any atom is -0.493 e. The van der Waals surface area contributed by atoms with Crippen LogP contribution < -0.4 is 15.4 Å². The van der Waals surface area contributed by atoms with Crippen LogP contribution in [0.4, 0.5) is 0 Å². The summed E-state index contributed by atoms with van der Waals surface area (Å²) < 4.78 is 5.59. The summed E-state index contributed by atoms with van der Waals surface area (Å²) in [6.07, 6.45) is 4.04. The maximum atomic E-state index is 12.4. The number of amides is 2. The molecular formula is C20H30ClN3O3. The number of carbonyl (C=O) groups is 2. The van der Waals surface area contributed by atoms with E-state index in [9.17, 15) is 9.59 Å². The molecule has 1 aromatic rings. The molecule has 2 amide bonds. The van der Waals surface area contributed by atoms with Crippen molar-refractivity contribution in [3.63, 3.8) is 0 Å². The van der Waals surface area contributed by atoms with E-state index in [0.717, 1.165) is 44.5 Å². The second-order valence-electron chi connectivity index (χ2n) is 7.12. The van der Waals surface area contributed by atoms with Gasteiger partial charge in [-0.2, -0.15) is 0 Å². The topological polar surface area (TPSA) is 70.7 Å². The summed E-state index contributed by atoms with van der Waals surface area (Å²) >= 11 is 0. The molecule has 2 fully saturated rings. The van der Waals surface area contributed by atoms with Crippen molar-refractivity contribution in [3.8, 4) is 5.75 Å². The van der Waals surface area contributed by atoms with Gasteiger partial charge in [-0.15, -0.1) is 12.4 Å². The van der Waals surface area contributed by atoms with Gasteiger partial charge in [-0.25, -0.2) is 0 Å². The van der Waals surface area contributed by atoms with E-state index in [1.807, 2.05) is 35.2 Å². The molecule has 0 radical (unpaired) electrons. The number of likely N-dealkylation sites (tertiary alicyclic amines) is 1. The van der Waals surface area contributed by atoms with Crippen molar-refractivity contribution in [1.82, 2.24) is 15.5 Å². The molecule has 6 nitrogen and oxygen atoms in total. The number of halogens is 1. The first kappa shape index (κ1) is 21.5. The fourth-order valence-corrected chi connectivity index (χ4v) is 3.62. The third-order valence-corrected chi connectivity index (χ3v) is 5.19.